The zero-order valence-electron chi connectivity index (χ0n) is 21.9. The van der Waals surface area contributed by atoms with Gasteiger partial charge in [-0.25, -0.2) is 4.98 Å². The highest BCUT2D eigenvalue weighted by Crippen LogP contribution is 2.37. The van der Waals surface area contributed by atoms with Crippen molar-refractivity contribution in [3.05, 3.63) is 69.3 Å². The van der Waals surface area contributed by atoms with E-state index in [1.54, 1.807) is 0 Å². The third kappa shape index (κ3) is 5.74. The van der Waals surface area contributed by atoms with Crippen LogP contribution in [-0.4, -0.2) is 20.6 Å². The fraction of sp³-hybridized carbons (Fsp3) is 0.296. The maximum atomic E-state index is 4.95. The third-order valence-electron chi connectivity index (χ3n) is 5.85. The van der Waals surface area contributed by atoms with E-state index in [-0.39, 0.29) is 0 Å². The van der Waals surface area contributed by atoms with E-state index >= 15 is 0 Å². The van der Waals surface area contributed by atoms with Crippen LogP contribution >= 0.6 is 23.3 Å². The average Bonchev–Trinajstić information content (AvgIpc) is 3.26. The first kappa shape index (κ1) is 25.8. The van der Waals surface area contributed by atoms with Crippen LogP contribution in [0.15, 0.2) is 45.7 Å². The number of benzene rings is 2. The summed E-state index contributed by atoms with van der Waals surface area (Å²) in [7, 11) is 0. The van der Waals surface area contributed by atoms with Crippen molar-refractivity contribution in [2.24, 2.45) is 10.2 Å². The van der Waals surface area contributed by atoms with Crippen LogP contribution in [-0.2, 0) is 0 Å². The largest absolute Gasteiger partial charge is 0.340 e. The second kappa shape index (κ2) is 10.8. The molecule has 7 nitrogen and oxygen atoms in total. The van der Waals surface area contributed by atoms with Crippen molar-refractivity contribution in [2.75, 3.05) is 16.9 Å². The van der Waals surface area contributed by atoms with Crippen LogP contribution in [0.5, 0.6) is 0 Å². The molecule has 0 spiro atoms. The summed E-state index contributed by atoms with van der Waals surface area (Å²) in [6.45, 7) is 14.7. The number of aromatic nitrogens is 3. The van der Waals surface area contributed by atoms with Gasteiger partial charge in [0.15, 0.2) is 5.82 Å². The highest BCUT2D eigenvalue weighted by atomic mass is 32.2. The fourth-order valence-electron chi connectivity index (χ4n) is 4.36. The van der Waals surface area contributed by atoms with Crippen molar-refractivity contribution in [1.29, 1.82) is 0 Å². The maximum absolute atomic E-state index is 4.95. The van der Waals surface area contributed by atoms with E-state index in [0.717, 1.165) is 33.9 Å². The normalized spacial score (nSPS) is 11.3. The Morgan fingerprint density at radius 3 is 1.78 bits per heavy atom. The molecule has 0 saturated heterocycles. The van der Waals surface area contributed by atoms with Gasteiger partial charge in [-0.15, -0.1) is 10.2 Å². The highest BCUT2D eigenvalue weighted by Gasteiger charge is 2.15. The van der Waals surface area contributed by atoms with Gasteiger partial charge in [0.25, 0.3) is 0 Å². The van der Waals surface area contributed by atoms with E-state index in [4.69, 9.17) is 4.98 Å². The van der Waals surface area contributed by atoms with Gasteiger partial charge in [-0.3, -0.25) is 0 Å². The molecule has 0 amide bonds. The lowest BCUT2D eigenvalue weighted by Crippen LogP contribution is -2.04. The number of nitrogens with zero attached hydrogens (tertiary/aromatic N) is 5. The number of pyridine rings is 1. The number of anilines is 4. The molecular weight excluding hydrogens is 486 g/mol. The number of azo groups is 1. The predicted molar refractivity (Wildman–Crippen MR) is 153 cm³/mol. The first-order chi connectivity index (χ1) is 17.1. The Morgan fingerprint density at radius 1 is 0.694 bits per heavy atom. The monoisotopic (exact) mass is 517 g/mol. The van der Waals surface area contributed by atoms with Crippen LogP contribution in [0.2, 0.25) is 0 Å². The van der Waals surface area contributed by atoms with Gasteiger partial charge in [0, 0.05) is 22.9 Å². The Morgan fingerprint density at radius 2 is 1.25 bits per heavy atom. The number of aryl methyl sites for hydroxylation is 7. The molecule has 2 heterocycles. The lowest BCUT2D eigenvalue weighted by Gasteiger charge is -2.18. The Labute approximate surface area is 221 Å². The zero-order chi connectivity index (χ0) is 26.0. The molecule has 2 N–H and O–H groups in total. The molecule has 0 aliphatic carbocycles. The standard InChI is InChI=1S/C27H31N7S2/c1-14-9-16(3)22(17(4)10-14)28-21-13-20(7)24(32-33-26-31-27(35-8)34-36-26)25(29-21)30-23-18(5)11-15(2)12-19(23)6/h9-13H,1-8H3,(H2,28,29,30). The zero-order valence-corrected chi connectivity index (χ0v) is 23.6. The van der Waals surface area contributed by atoms with Gasteiger partial charge in [-0.2, -0.15) is 9.36 Å². The van der Waals surface area contributed by atoms with Gasteiger partial charge in [-0.1, -0.05) is 47.2 Å². The summed E-state index contributed by atoms with van der Waals surface area (Å²) >= 11 is 2.71. The quantitative estimate of drug-likeness (QED) is 0.188. The smallest absolute Gasteiger partial charge is 0.250 e. The highest BCUT2D eigenvalue weighted by molar-refractivity contribution is 7.98. The molecule has 186 valence electrons. The van der Waals surface area contributed by atoms with Gasteiger partial charge < -0.3 is 10.6 Å². The van der Waals surface area contributed by atoms with Gasteiger partial charge >= 0.3 is 0 Å². The fourth-order valence-corrected chi connectivity index (χ4v) is 5.41. The van der Waals surface area contributed by atoms with Gasteiger partial charge in [0.1, 0.15) is 11.5 Å². The minimum Gasteiger partial charge on any atom is -0.340 e. The molecule has 2 aromatic carbocycles. The van der Waals surface area contributed by atoms with Crippen LogP contribution in [0.3, 0.4) is 0 Å². The summed E-state index contributed by atoms with van der Waals surface area (Å²) in [4.78, 5) is 9.34. The lowest BCUT2D eigenvalue weighted by atomic mass is 10.0. The molecule has 4 aromatic rings. The second-order valence-corrected chi connectivity index (χ2v) is 10.6. The molecule has 0 atom stereocenters. The summed E-state index contributed by atoms with van der Waals surface area (Å²) in [5.41, 5.74) is 10.8. The minimum atomic E-state index is 0.514. The van der Waals surface area contributed by atoms with Crippen LogP contribution in [0.4, 0.5) is 33.8 Å². The van der Waals surface area contributed by atoms with Gasteiger partial charge in [0.05, 0.1) is 0 Å². The van der Waals surface area contributed by atoms with E-state index in [9.17, 15) is 0 Å². The van der Waals surface area contributed by atoms with E-state index in [2.05, 4.69) is 96.0 Å². The minimum absolute atomic E-state index is 0.514. The molecule has 0 aliphatic rings. The number of hydrogen-bond acceptors (Lipinski definition) is 9. The van der Waals surface area contributed by atoms with Crippen LogP contribution in [0.25, 0.3) is 0 Å². The summed E-state index contributed by atoms with van der Waals surface area (Å²) in [5, 5.41) is 17.2. The summed E-state index contributed by atoms with van der Waals surface area (Å²) < 4.78 is 4.27. The Kier molecular flexibility index (Phi) is 7.70. The number of nitrogens with one attached hydrogen (secondary N) is 2. The van der Waals surface area contributed by atoms with Crippen molar-refractivity contribution >= 4 is 57.1 Å². The molecule has 9 heteroatoms. The van der Waals surface area contributed by atoms with Gasteiger partial charge in [0.2, 0.25) is 10.3 Å². The van der Waals surface area contributed by atoms with E-state index in [1.165, 1.54) is 45.5 Å². The van der Waals surface area contributed by atoms with E-state index < -0.39 is 0 Å². The molecular formula is C27H31N7S2. The van der Waals surface area contributed by atoms with Crippen LogP contribution < -0.4 is 10.6 Å². The predicted octanol–water partition coefficient (Wildman–Crippen LogP) is 8.72. The van der Waals surface area contributed by atoms with Gasteiger partial charge in [-0.05, 0) is 88.6 Å². The lowest BCUT2D eigenvalue weighted by molar-refractivity contribution is 1.05. The third-order valence-corrected chi connectivity index (χ3v) is 7.11. The number of hydrogen-bond donors (Lipinski definition) is 2. The molecule has 0 fully saturated rings. The van der Waals surface area contributed by atoms with Crippen LogP contribution in [0.1, 0.15) is 38.9 Å². The SMILES string of the molecule is CSc1nsc(N=Nc2c(C)cc(Nc3c(C)cc(C)cc3C)nc2Nc2c(C)cc(C)cc2C)n1. The molecule has 0 bridgehead atoms. The first-order valence-corrected chi connectivity index (χ1v) is 13.6. The first-order valence-electron chi connectivity index (χ1n) is 11.7. The van der Waals surface area contributed by atoms with Crippen molar-refractivity contribution in [1.82, 2.24) is 14.3 Å². The molecule has 36 heavy (non-hydrogen) atoms. The summed E-state index contributed by atoms with van der Waals surface area (Å²) in [5.74, 6) is 1.38. The van der Waals surface area contributed by atoms with Crippen LogP contribution in [0, 0.1) is 48.5 Å². The second-order valence-electron chi connectivity index (χ2n) is 9.08. The molecule has 2 aromatic heterocycles. The Bertz CT molecular complexity index is 1410. The molecule has 0 aliphatic heterocycles. The summed E-state index contributed by atoms with van der Waals surface area (Å²) in [6, 6.07) is 10.7. The average molecular weight is 518 g/mol. The molecule has 0 unspecified atom stereocenters. The van der Waals surface area contributed by atoms with E-state index in [1.807, 2.05) is 19.2 Å². The van der Waals surface area contributed by atoms with Crippen molar-refractivity contribution in [3.8, 4) is 0 Å². The summed E-state index contributed by atoms with van der Waals surface area (Å²) in [6.07, 6.45) is 1.94. The number of rotatable bonds is 7. The Balaban J connectivity index is 1.79. The maximum Gasteiger partial charge on any atom is 0.250 e. The van der Waals surface area contributed by atoms with Crippen molar-refractivity contribution in [3.63, 3.8) is 0 Å². The van der Waals surface area contributed by atoms with E-state index in [0.29, 0.717) is 21.8 Å². The van der Waals surface area contributed by atoms with Crippen molar-refractivity contribution in [2.45, 2.75) is 53.6 Å². The topological polar surface area (TPSA) is 87.5 Å². The number of thioether (sulfide) groups is 1. The Hall–Kier alpha value is -3.30. The molecule has 4 rings (SSSR count). The van der Waals surface area contributed by atoms with Crippen molar-refractivity contribution < 1.29 is 0 Å². The molecule has 0 saturated carbocycles. The molecule has 0 radical (unpaired) electrons.